The van der Waals surface area contributed by atoms with Crippen LogP contribution in [0.15, 0.2) is 67.1 Å². The number of amides is 4. The fourth-order valence-corrected chi connectivity index (χ4v) is 12.2. The summed E-state index contributed by atoms with van der Waals surface area (Å²) in [6.45, 7) is 14.0. The van der Waals surface area contributed by atoms with Gasteiger partial charge < -0.3 is 34.4 Å². The van der Waals surface area contributed by atoms with Gasteiger partial charge in [-0.3, -0.25) is 34.3 Å². The monoisotopic (exact) mass is 947 g/mol. The van der Waals surface area contributed by atoms with Crippen molar-refractivity contribution in [1.29, 1.82) is 0 Å². The van der Waals surface area contributed by atoms with Crippen LogP contribution in [-0.4, -0.2) is 122 Å². The predicted octanol–water partition coefficient (Wildman–Crippen LogP) is 5.70. The number of methoxy groups -OCH3 is 1. The van der Waals surface area contributed by atoms with Gasteiger partial charge in [-0.1, -0.05) is 13.8 Å². The van der Waals surface area contributed by atoms with Crippen molar-refractivity contribution >= 4 is 52.3 Å². The van der Waals surface area contributed by atoms with Crippen molar-refractivity contribution in [2.45, 2.75) is 110 Å². The number of hydrogen-bond donors (Lipinski definition) is 3. The van der Waals surface area contributed by atoms with Crippen LogP contribution in [0.2, 0.25) is 0 Å². The number of carbonyl (C=O) groups is 4. The van der Waals surface area contributed by atoms with Crippen LogP contribution in [0.3, 0.4) is 0 Å². The summed E-state index contributed by atoms with van der Waals surface area (Å²) in [5.41, 5.74) is 9.71. The Morgan fingerprint density at radius 1 is 0.814 bits per heavy atom. The van der Waals surface area contributed by atoms with Gasteiger partial charge in [-0.05, 0) is 117 Å². The Morgan fingerprint density at radius 2 is 1.64 bits per heavy atom. The van der Waals surface area contributed by atoms with Crippen molar-refractivity contribution in [3.63, 3.8) is 0 Å². The molecule has 1 aromatic carbocycles. The maximum atomic E-state index is 14.0. The third-order valence-electron chi connectivity index (χ3n) is 15.6. The Morgan fingerprint density at radius 3 is 2.40 bits per heavy atom. The summed E-state index contributed by atoms with van der Waals surface area (Å²) >= 11 is 0. The summed E-state index contributed by atoms with van der Waals surface area (Å²) in [5, 5.41) is 16.6. The van der Waals surface area contributed by atoms with Crippen molar-refractivity contribution in [1.82, 2.24) is 34.6 Å². The van der Waals surface area contributed by atoms with Gasteiger partial charge in [-0.25, -0.2) is 15.0 Å². The smallest absolute Gasteiger partial charge is 0.276 e. The molecule has 4 aromatic heterocycles. The first kappa shape index (κ1) is 45.6. The van der Waals surface area contributed by atoms with E-state index in [1.807, 2.05) is 42.6 Å². The predicted molar refractivity (Wildman–Crippen MR) is 265 cm³/mol. The standard InChI is InChI=1S/C53H61N11O6/c1-31-20-36(13-15-60(31)37-6-8-40-35(21-37)29-64(51(40)68)43-9-11-47(66)58-49(43)67)59-16-17-61(32(2)28-59)38-7-10-46(55-27-38)57-42-22-34(26-56-50(42)70-5)39-12-14-54-48(41(39)30-65)63-19-18-62-44(52(63)69)23-33-24-53(3,4)25-45(33)62/h6-8,10,12,14,21-23,26-27,31-32,36,43,65H,9,11,13,15-20,24-25,28-30H2,1-5H3,(H,55,57)(H,58,66,67)/t31-,32-,36?,43?/m0/s1. The molecule has 5 aliphatic heterocycles. The maximum Gasteiger partial charge on any atom is 0.276 e. The van der Waals surface area contributed by atoms with Gasteiger partial charge in [0.2, 0.25) is 17.7 Å². The highest BCUT2D eigenvalue weighted by Gasteiger charge is 2.41. The lowest BCUT2D eigenvalue weighted by atomic mass is 9.90. The fourth-order valence-electron chi connectivity index (χ4n) is 12.2. The first-order valence-corrected chi connectivity index (χ1v) is 24.7. The highest BCUT2D eigenvalue weighted by molar-refractivity contribution is 6.07. The second-order valence-electron chi connectivity index (χ2n) is 20.8. The Bertz CT molecular complexity index is 2920. The number of aliphatic hydroxyl groups excluding tert-OH is 1. The lowest BCUT2D eigenvalue weighted by Crippen LogP contribution is -2.58. The van der Waals surface area contributed by atoms with Gasteiger partial charge in [0.1, 0.15) is 29.1 Å². The third-order valence-corrected chi connectivity index (χ3v) is 15.6. The van der Waals surface area contributed by atoms with E-state index >= 15 is 0 Å². The molecule has 70 heavy (non-hydrogen) atoms. The molecule has 2 unspecified atom stereocenters. The summed E-state index contributed by atoms with van der Waals surface area (Å²) < 4.78 is 7.86. The van der Waals surface area contributed by atoms with E-state index in [1.165, 1.54) is 11.3 Å². The Hall–Kier alpha value is -6.85. The molecular formula is C53H61N11O6. The fraction of sp³-hybridized carbons (Fsp3) is 0.453. The van der Waals surface area contributed by atoms with Gasteiger partial charge in [0.25, 0.3) is 11.8 Å². The maximum absolute atomic E-state index is 14.0. The van der Waals surface area contributed by atoms with Gasteiger partial charge in [0.15, 0.2) is 0 Å². The number of fused-ring (bicyclic) bond motifs is 4. The van der Waals surface area contributed by atoms with Crippen LogP contribution in [0, 0.1) is 5.41 Å². The van der Waals surface area contributed by atoms with Crippen molar-refractivity contribution in [2.75, 3.05) is 59.9 Å². The number of nitrogens with zero attached hydrogens (tertiary/aromatic N) is 9. The number of anilines is 5. The minimum Gasteiger partial charge on any atom is -0.480 e. The van der Waals surface area contributed by atoms with Gasteiger partial charge in [0, 0.05) is 111 Å². The topological polar surface area (TPSA) is 182 Å². The summed E-state index contributed by atoms with van der Waals surface area (Å²) in [6.07, 6.45) is 9.87. The van der Waals surface area contributed by atoms with Crippen molar-refractivity contribution in [2.24, 2.45) is 5.41 Å². The second kappa shape index (κ2) is 17.8. The molecule has 0 saturated carbocycles. The van der Waals surface area contributed by atoms with Crippen LogP contribution in [0.4, 0.5) is 28.7 Å². The van der Waals surface area contributed by atoms with E-state index in [4.69, 9.17) is 9.72 Å². The summed E-state index contributed by atoms with van der Waals surface area (Å²) in [7, 11) is 1.58. The largest absolute Gasteiger partial charge is 0.480 e. The van der Waals surface area contributed by atoms with Crippen molar-refractivity contribution in [3.05, 3.63) is 101 Å². The van der Waals surface area contributed by atoms with Crippen molar-refractivity contribution in [3.8, 4) is 17.0 Å². The first-order chi connectivity index (χ1) is 33.8. The molecular weight excluding hydrogens is 887 g/mol. The van der Waals surface area contributed by atoms with Crippen LogP contribution < -0.4 is 30.1 Å². The summed E-state index contributed by atoms with van der Waals surface area (Å²) in [6, 6.07) is 16.4. The molecule has 17 nitrogen and oxygen atoms in total. The van der Waals surface area contributed by atoms with E-state index in [1.54, 1.807) is 29.3 Å². The minimum atomic E-state index is -0.620. The number of nitrogens with one attached hydrogen (secondary N) is 2. The Labute approximate surface area is 407 Å². The Balaban J connectivity index is 0.720. The molecule has 1 aliphatic carbocycles. The van der Waals surface area contributed by atoms with Crippen LogP contribution in [0.1, 0.15) is 96.6 Å². The Kier molecular flexibility index (Phi) is 11.6. The molecule has 11 rings (SSSR count). The zero-order valence-electron chi connectivity index (χ0n) is 40.6. The molecule has 0 bridgehead atoms. The van der Waals surface area contributed by atoms with Crippen molar-refractivity contribution < 1.29 is 29.0 Å². The summed E-state index contributed by atoms with van der Waals surface area (Å²) in [5.74, 6) is 0.541. The highest BCUT2D eigenvalue weighted by Crippen LogP contribution is 2.41. The lowest BCUT2D eigenvalue weighted by Gasteiger charge is -2.48. The average molecular weight is 948 g/mol. The van der Waals surface area contributed by atoms with Gasteiger partial charge in [-0.15, -0.1) is 0 Å². The third kappa shape index (κ3) is 8.11. The van der Waals surface area contributed by atoms with E-state index in [2.05, 4.69) is 79.7 Å². The van der Waals surface area contributed by atoms with Crippen LogP contribution >= 0.6 is 0 Å². The van der Waals surface area contributed by atoms with E-state index in [9.17, 15) is 24.3 Å². The second-order valence-corrected chi connectivity index (χ2v) is 20.8. The molecule has 0 radical (unpaired) electrons. The number of hydrogen-bond acceptors (Lipinski definition) is 13. The number of imide groups is 1. The number of benzene rings is 1. The minimum absolute atomic E-state index is 0.108. The zero-order valence-corrected chi connectivity index (χ0v) is 40.6. The van der Waals surface area contributed by atoms with E-state index in [0.717, 1.165) is 79.9 Å². The lowest BCUT2D eigenvalue weighted by molar-refractivity contribution is -0.136. The highest BCUT2D eigenvalue weighted by atomic mass is 16.5. The van der Waals surface area contributed by atoms with Gasteiger partial charge >= 0.3 is 0 Å². The average Bonchev–Trinajstić information content (AvgIpc) is 3.97. The molecule has 4 atom stereocenters. The normalized spacial score (nSPS) is 23.3. The number of piperazine rings is 1. The molecule has 364 valence electrons. The quantitative estimate of drug-likeness (QED) is 0.145. The van der Waals surface area contributed by atoms with E-state index < -0.39 is 11.9 Å². The van der Waals surface area contributed by atoms with E-state index in [0.29, 0.717) is 78.2 Å². The first-order valence-electron chi connectivity index (χ1n) is 24.7. The molecule has 3 saturated heterocycles. The number of aliphatic hydroxyl groups is 1. The number of aromatic nitrogens is 4. The molecule has 4 amide bonds. The SMILES string of the molecule is COc1ncc(-c2ccnc(N3CCn4c(cc5c4CC(C)(C)C5)C3=O)c2CO)cc1Nc1ccc(N2CCN(C3CCN(c4ccc5c(c4)CN(C4CCC(=O)NC4=O)C5=O)[C@@H](C)C3)C[C@@H]2C)cn1. The number of pyridine rings is 3. The summed E-state index contributed by atoms with van der Waals surface area (Å²) in [4.78, 5) is 76.6. The number of ether oxygens (including phenoxy) is 1. The molecule has 0 spiro atoms. The molecule has 5 aromatic rings. The number of rotatable bonds is 10. The molecule has 3 N–H and O–H groups in total. The molecule has 3 fully saturated rings. The van der Waals surface area contributed by atoms with E-state index in [-0.39, 0.29) is 42.2 Å². The molecule has 9 heterocycles. The number of piperidine rings is 2. The number of carbonyl (C=O) groups excluding carboxylic acids is 4. The van der Waals surface area contributed by atoms with Gasteiger partial charge in [-0.2, -0.15) is 0 Å². The molecule has 6 aliphatic rings. The van der Waals surface area contributed by atoms with Crippen LogP contribution in [0.5, 0.6) is 5.88 Å². The zero-order chi connectivity index (χ0) is 48.6. The van der Waals surface area contributed by atoms with Gasteiger partial charge in [0.05, 0.1) is 25.6 Å². The molecule has 17 heteroatoms. The van der Waals surface area contributed by atoms with Crippen LogP contribution in [0.25, 0.3) is 11.1 Å². The van der Waals surface area contributed by atoms with Crippen LogP contribution in [-0.2, 0) is 42.1 Å².